The van der Waals surface area contributed by atoms with Gasteiger partial charge in [0, 0.05) is 30.4 Å². The Labute approximate surface area is 110 Å². The smallest absolute Gasteiger partial charge is 0.228 e. The van der Waals surface area contributed by atoms with Crippen molar-refractivity contribution in [3.8, 4) is 0 Å². The number of piperidine rings is 1. The Kier molecular flexibility index (Phi) is 3.07. The third-order valence-corrected chi connectivity index (χ3v) is 4.37. The molecule has 3 heterocycles. The van der Waals surface area contributed by atoms with Crippen LogP contribution in [0.2, 0.25) is 0 Å². The fourth-order valence-corrected chi connectivity index (χ4v) is 3.31. The number of amides is 1. The second-order valence-electron chi connectivity index (χ2n) is 4.93. The largest absolute Gasteiger partial charge is 0.340 e. The molecule has 0 N–H and O–H groups in total. The zero-order chi connectivity index (χ0) is 12.5. The average molecular weight is 263 g/mol. The zero-order valence-corrected chi connectivity index (χ0v) is 11.3. The van der Waals surface area contributed by atoms with Gasteiger partial charge in [0.2, 0.25) is 5.91 Å². The summed E-state index contributed by atoms with van der Waals surface area (Å²) in [5.41, 5.74) is 0.879. The highest BCUT2D eigenvalue weighted by Gasteiger charge is 2.23. The molecular weight excluding hydrogens is 246 g/mol. The van der Waals surface area contributed by atoms with E-state index >= 15 is 0 Å². The molecule has 0 aliphatic carbocycles. The molecule has 0 spiro atoms. The SMILES string of the molecule is CC1CCCCN1C(=O)Cc1cn2ccsc2n1. The number of likely N-dealkylation sites (tertiary alicyclic amines) is 1. The van der Waals surface area contributed by atoms with Gasteiger partial charge in [-0.25, -0.2) is 4.98 Å². The van der Waals surface area contributed by atoms with Crippen LogP contribution in [-0.4, -0.2) is 32.8 Å². The number of hydrogen-bond acceptors (Lipinski definition) is 3. The van der Waals surface area contributed by atoms with Gasteiger partial charge >= 0.3 is 0 Å². The summed E-state index contributed by atoms with van der Waals surface area (Å²) in [6.45, 7) is 3.05. The van der Waals surface area contributed by atoms with Crippen molar-refractivity contribution in [3.63, 3.8) is 0 Å². The molecule has 18 heavy (non-hydrogen) atoms. The highest BCUT2D eigenvalue weighted by molar-refractivity contribution is 7.15. The summed E-state index contributed by atoms with van der Waals surface area (Å²) < 4.78 is 1.98. The van der Waals surface area contributed by atoms with Crippen LogP contribution in [0.15, 0.2) is 17.8 Å². The second-order valence-corrected chi connectivity index (χ2v) is 5.81. The third kappa shape index (κ3) is 2.14. The molecule has 1 atom stereocenters. The van der Waals surface area contributed by atoms with Crippen LogP contribution in [0.25, 0.3) is 4.96 Å². The van der Waals surface area contributed by atoms with Gasteiger partial charge in [-0.3, -0.25) is 9.20 Å². The molecule has 1 aliphatic heterocycles. The number of thiazole rings is 1. The zero-order valence-electron chi connectivity index (χ0n) is 10.5. The molecule has 3 rings (SSSR count). The maximum absolute atomic E-state index is 12.3. The van der Waals surface area contributed by atoms with Crippen molar-refractivity contribution in [1.29, 1.82) is 0 Å². The molecule has 2 aromatic rings. The first-order valence-corrected chi connectivity index (χ1v) is 7.32. The van der Waals surface area contributed by atoms with E-state index in [9.17, 15) is 4.79 Å². The summed E-state index contributed by atoms with van der Waals surface area (Å²) >= 11 is 1.60. The van der Waals surface area contributed by atoms with Gasteiger partial charge in [-0.05, 0) is 26.2 Å². The molecule has 5 heteroatoms. The molecule has 4 nitrogen and oxygen atoms in total. The van der Waals surface area contributed by atoms with E-state index in [1.165, 1.54) is 6.42 Å². The number of fused-ring (bicyclic) bond motifs is 1. The molecule has 1 amide bonds. The fraction of sp³-hybridized carbons (Fsp3) is 0.538. The Bertz CT molecular complexity index is 531. The number of nitrogens with zero attached hydrogens (tertiary/aromatic N) is 3. The predicted octanol–water partition coefficient (Wildman–Crippen LogP) is 2.34. The van der Waals surface area contributed by atoms with E-state index in [0.29, 0.717) is 12.5 Å². The molecule has 1 aliphatic rings. The van der Waals surface area contributed by atoms with Gasteiger partial charge in [0.25, 0.3) is 0 Å². The third-order valence-electron chi connectivity index (χ3n) is 3.60. The topological polar surface area (TPSA) is 37.6 Å². The number of imidazole rings is 1. The Morgan fingerprint density at radius 2 is 2.44 bits per heavy atom. The fourth-order valence-electron chi connectivity index (χ4n) is 2.59. The number of carbonyl (C=O) groups is 1. The van der Waals surface area contributed by atoms with Gasteiger partial charge in [0.05, 0.1) is 12.1 Å². The van der Waals surface area contributed by atoms with Crippen molar-refractivity contribution in [2.24, 2.45) is 0 Å². The summed E-state index contributed by atoms with van der Waals surface area (Å²) in [7, 11) is 0. The summed E-state index contributed by atoms with van der Waals surface area (Å²) in [4.78, 5) is 19.7. The number of hydrogen-bond donors (Lipinski definition) is 0. The minimum Gasteiger partial charge on any atom is -0.340 e. The van der Waals surface area contributed by atoms with Crippen molar-refractivity contribution in [3.05, 3.63) is 23.5 Å². The molecule has 1 unspecified atom stereocenters. The number of aromatic nitrogens is 2. The molecule has 0 saturated carbocycles. The minimum atomic E-state index is 0.216. The first-order chi connectivity index (χ1) is 8.74. The minimum absolute atomic E-state index is 0.216. The van der Waals surface area contributed by atoms with Crippen LogP contribution in [0.1, 0.15) is 31.9 Å². The van der Waals surface area contributed by atoms with Crippen LogP contribution in [0, 0.1) is 0 Å². The van der Waals surface area contributed by atoms with E-state index in [1.54, 1.807) is 11.3 Å². The Balaban J connectivity index is 1.71. The highest BCUT2D eigenvalue weighted by Crippen LogP contribution is 2.18. The summed E-state index contributed by atoms with van der Waals surface area (Å²) in [6, 6.07) is 0.384. The van der Waals surface area contributed by atoms with Gasteiger partial charge in [0.15, 0.2) is 4.96 Å². The van der Waals surface area contributed by atoms with Crippen LogP contribution >= 0.6 is 11.3 Å². The van der Waals surface area contributed by atoms with Crippen molar-refractivity contribution < 1.29 is 4.79 Å². The summed E-state index contributed by atoms with van der Waals surface area (Å²) in [6.07, 6.45) is 7.87. The quantitative estimate of drug-likeness (QED) is 0.834. The molecule has 0 bridgehead atoms. The van der Waals surface area contributed by atoms with E-state index in [1.807, 2.05) is 27.1 Å². The van der Waals surface area contributed by atoms with Crippen LogP contribution in [0.4, 0.5) is 0 Å². The van der Waals surface area contributed by atoms with Crippen molar-refractivity contribution in [1.82, 2.24) is 14.3 Å². The van der Waals surface area contributed by atoms with Crippen LogP contribution in [0.3, 0.4) is 0 Å². The molecule has 0 aromatic carbocycles. The first kappa shape index (κ1) is 11.7. The molecular formula is C13H17N3OS. The van der Waals surface area contributed by atoms with E-state index in [0.717, 1.165) is 30.0 Å². The molecule has 96 valence electrons. The van der Waals surface area contributed by atoms with E-state index < -0.39 is 0 Å². The van der Waals surface area contributed by atoms with Crippen molar-refractivity contribution >= 4 is 22.2 Å². The molecule has 2 aromatic heterocycles. The van der Waals surface area contributed by atoms with E-state index in [-0.39, 0.29) is 5.91 Å². The maximum Gasteiger partial charge on any atom is 0.228 e. The van der Waals surface area contributed by atoms with E-state index in [2.05, 4.69) is 11.9 Å². The first-order valence-electron chi connectivity index (χ1n) is 6.44. The lowest BCUT2D eigenvalue weighted by Gasteiger charge is -2.33. The lowest BCUT2D eigenvalue weighted by atomic mass is 10.0. The Hall–Kier alpha value is -1.36. The number of rotatable bonds is 2. The summed E-state index contributed by atoms with van der Waals surface area (Å²) in [5.74, 6) is 0.216. The number of carbonyl (C=O) groups excluding carboxylic acids is 1. The molecule has 1 fully saturated rings. The monoisotopic (exact) mass is 263 g/mol. The van der Waals surface area contributed by atoms with E-state index in [4.69, 9.17) is 0 Å². The normalized spacial score (nSPS) is 20.5. The second kappa shape index (κ2) is 4.72. The van der Waals surface area contributed by atoms with Crippen LogP contribution in [0.5, 0.6) is 0 Å². The van der Waals surface area contributed by atoms with Crippen LogP contribution < -0.4 is 0 Å². The standard InChI is InChI=1S/C13H17N3OS/c1-10-4-2-3-5-16(10)12(17)8-11-9-15-6-7-18-13(15)14-11/h6-7,9-10H,2-5,8H2,1H3. The Morgan fingerprint density at radius 3 is 3.22 bits per heavy atom. The summed E-state index contributed by atoms with van der Waals surface area (Å²) in [5, 5.41) is 2.00. The Morgan fingerprint density at radius 1 is 1.56 bits per heavy atom. The molecule has 0 radical (unpaired) electrons. The van der Waals surface area contributed by atoms with Crippen molar-refractivity contribution in [2.75, 3.05) is 6.54 Å². The average Bonchev–Trinajstić information content (AvgIpc) is 2.90. The van der Waals surface area contributed by atoms with Gasteiger partial charge in [-0.2, -0.15) is 0 Å². The lowest BCUT2D eigenvalue weighted by molar-refractivity contribution is -0.133. The van der Waals surface area contributed by atoms with Gasteiger partial charge < -0.3 is 4.90 Å². The van der Waals surface area contributed by atoms with Crippen LogP contribution in [-0.2, 0) is 11.2 Å². The predicted molar refractivity (Wildman–Crippen MR) is 71.8 cm³/mol. The van der Waals surface area contributed by atoms with Crippen molar-refractivity contribution in [2.45, 2.75) is 38.6 Å². The van der Waals surface area contributed by atoms with Gasteiger partial charge in [0.1, 0.15) is 0 Å². The van der Waals surface area contributed by atoms with Gasteiger partial charge in [-0.1, -0.05) is 0 Å². The molecule has 1 saturated heterocycles. The highest BCUT2D eigenvalue weighted by atomic mass is 32.1. The lowest BCUT2D eigenvalue weighted by Crippen LogP contribution is -2.42. The van der Waals surface area contributed by atoms with Gasteiger partial charge in [-0.15, -0.1) is 11.3 Å². The maximum atomic E-state index is 12.3.